The Kier molecular flexibility index (Phi) is 26.5. The van der Waals surface area contributed by atoms with Gasteiger partial charge in [0.2, 0.25) is 29.7 Å². The number of nitrogens with two attached hydrogens (primary N) is 4. The second-order valence-corrected chi connectivity index (χ2v) is 27.2. The van der Waals surface area contributed by atoms with Crippen molar-refractivity contribution in [2.24, 2.45) is 50.6 Å². The number of guanidine groups is 1. The first kappa shape index (κ1) is 79.7. The topological polar surface area (TPSA) is 521 Å². The number of phenolic OH excluding ortho intramolecular Hbond substituents is 1. The third-order valence-corrected chi connectivity index (χ3v) is 19.7. The van der Waals surface area contributed by atoms with Crippen LogP contribution in [0.4, 0.5) is 4.79 Å². The van der Waals surface area contributed by atoms with Crippen molar-refractivity contribution in [3.05, 3.63) is 113 Å². The Balaban J connectivity index is 1.27. The van der Waals surface area contributed by atoms with E-state index in [0.717, 1.165) is 14.0 Å². The first-order valence-electron chi connectivity index (χ1n) is 33.5. The number of carbonyl (C=O) groups excluding carboxylic acids is 10. The number of ether oxygens (including phenoxy) is 6. The van der Waals surface area contributed by atoms with Gasteiger partial charge >= 0.3 is 35.9 Å². The number of aromatic hydroxyl groups is 1. The SMILES string of the molecule is COC(=O)NC(c1ccccc1)C(OC(=O)C(Cc1ccc(O)cc1)NC(=O)C(NC(=O)C(CC(=O)O)NC(=O)C(CCCCN)NC(=O)C(N)CCCN=C(N)N)C(C)C)C(=O)OC1C[C@@]2(O)C(OC(=O)c3ccccc3)C3[C@@]4(OC(C)=O)CO[C@@H]4C[C@H](O)[C@@]3(C)C(=O)[C@H](O)C(=C1C)C2(C)C. The summed E-state index contributed by atoms with van der Waals surface area (Å²) in [7, 11) is 1.00. The molecule has 32 nitrogen and oxygen atoms in total. The van der Waals surface area contributed by atoms with Crippen LogP contribution in [0.1, 0.15) is 127 Å². The van der Waals surface area contributed by atoms with Crippen LogP contribution in [0.2, 0.25) is 0 Å². The first-order chi connectivity index (χ1) is 48.1. The highest BCUT2D eigenvalue weighted by atomic mass is 16.6. The predicted molar refractivity (Wildman–Crippen MR) is 361 cm³/mol. The molecule has 7 rings (SSSR count). The molecule has 1 heterocycles. The average Bonchev–Trinajstić information content (AvgIpc) is 0.670. The number of nitrogens with one attached hydrogen (secondary N) is 5. The number of carbonyl (C=O) groups is 11. The minimum absolute atomic E-state index is 0.0272. The van der Waals surface area contributed by atoms with E-state index in [1.807, 2.05) is 0 Å². The quantitative estimate of drug-likeness (QED) is 0.0102. The molecule has 556 valence electrons. The molecule has 0 spiro atoms. The van der Waals surface area contributed by atoms with Crippen molar-refractivity contribution in [2.45, 2.75) is 190 Å². The van der Waals surface area contributed by atoms with Gasteiger partial charge in [-0.15, -0.1) is 0 Å². The van der Waals surface area contributed by atoms with Crippen molar-refractivity contribution in [3.63, 3.8) is 0 Å². The van der Waals surface area contributed by atoms with Crippen molar-refractivity contribution in [2.75, 3.05) is 26.8 Å². The van der Waals surface area contributed by atoms with Gasteiger partial charge in [-0.1, -0.05) is 88.4 Å². The highest BCUT2D eigenvalue weighted by Gasteiger charge is 2.78. The summed E-state index contributed by atoms with van der Waals surface area (Å²) in [6.45, 7) is 9.59. The number of unbranched alkanes of at least 4 members (excludes halogenated alkanes) is 1. The number of benzene rings is 3. The molecule has 10 unspecified atom stereocenters. The number of carboxylic acids is 1. The number of Topliss-reactive ketones (excluding diaryl/α,β-unsaturated/α-hetero) is 1. The number of hydrogen-bond donors (Lipinski definition) is 14. The van der Waals surface area contributed by atoms with Gasteiger partial charge in [0.05, 0.1) is 49.2 Å². The molecular formula is C70H94N10O22. The molecule has 2 saturated carbocycles. The zero-order chi connectivity index (χ0) is 75.3. The standard InChI is InChI=1S/C70H94N10O22/c1-35(2)51(79-60(90)44(31-49(84)85)77-59(89)43(23-15-16-28-71)76-58(88)42(72)22-17-29-75-65(73)74)61(91)78-45(30-38-24-26-41(82)27-25-38)63(93)100-54(52(80-66(95)97-8)39-18-11-9-12-19-39)64(94)99-46-33-70(96)57(101-62(92)40-20-13-10-14-21-40)55-68(7,56(87)53(86)50(36(46)3)67(70,5)6)47(83)32-48-69(55,34-98-48)102-37(4)81/h9-14,18-21,24-27,35,42-48,51-55,57,82-83,86,96H,15-17,22-23,28-34,71-72H2,1-8H3,(H,76,88)(H,77,89)(H,78,91)(H,79,90)(H,80,95)(H,84,85)(H4,73,74,75)/t42?,43?,44?,45?,46?,47-,48+,51?,52?,53+,54?,55?,57?,68+,69+,70+/m0/s1. The fraction of sp³-hybridized carbons (Fsp3) is 0.543. The molecule has 18 N–H and O–H groups in total. The van der Waals surface area contributed by atoms with Gasteiger partial charge < -0.3 is 103 Å². The van der Waals surface area contributed by atoms with Gasteiger partial charge in [0.1, 0.15) is 66.0 Å². The zero-order valence-corrected chi connectivity index (χ0v) is 58.1. The van der Waals surface area contributed by atoms with Crippen molar-refractivity contribution in [3.8, 4) is 5.75 Å². The second kappa shape index (κ2) is 33.9. The van der Waals surface area contributed by atoms with Crippen LogP contribution in [-0.2, 0) is 78.0 Å². The zero-order valence-electron chi connectivity index (χ0n) is 58.1. The molecule has 0 aromatic heterocycles. The lowest BCUT2D eigenvalue weighted by molar-refractivity contribution is -0.346. The Morgan fingerprint density at radius 1 is 0.765 bits per heavy atom. The van der Waals surface area contributed by atoms with Gasteiger partial charge in [-0.25, -0.2) is 19.2 Å². The number of alkyl carbamates (subject to hydrolysis) is 1. The van der Waals surface area contributed by atoms with E-state index in [0.29, 0.717) is 12.8 Å². The van der Waals surface area contributed by atoms with Crippen molar-refractivity contribution in [1.29, 1.82) is 0 Å². The number of aliphatic imine (C=N–C) groups is 1. The molecule has 102 heavy (non-hydrogen) atoms. The lowest BCUT2D eigenvalue weighted by Gasteiger charge is -2.67. The van der Waals surface area contributed by atoms with E-state index in [9.17, 15) is 63.9 Å². The van der Waals surface area contributed by atoms with E-state index in [-0.39, 0.29) is 78.3 Å². The van der Waals surface area contributed by atoms with Crippen LogP contribution >= 0.6 is 0 Å². The second-order valence-electron chi connectivity index (χ2n) is 27.2. The summed E-state index contributed by atoms with van der Waals surface area (Å²) in [5.41, 5.74) is 14.0. The number of aliphatic carboxylic acids is 1. The average molecular weight is 1430 g/mol. The van der Waals surface area contributed by atoms with E-state index < -0.39 is 198 Å². The lowest BCUT2D eigenvalue weighted by atomic mass is 9.44. The van der Waals surface area contributed by atoms with Gasteiger partial charge in [-0.3, -0.25) is 38.6 Å². The summed E-state index contributed by atoms with van der Waals surface area (Å²) < 4.78 is 36.0. The largest absolute Gasteiger partial charge is 0.508 e. The van der Waals surface area contributed by atoms with Crippen LogP contribution in [0, 0.1) is 22.7 Å². The van der Waals surface area contributed by atoms with Crippen molar-refractivity contribution in [1.82, 2.24) is 26.6 Å². The number of fused-ring (bicyclic) bond motifs is 5. The van der Waals surface area contributed by atoms with Crippen molar-refractivity contribution < 1.29 is 107 Å². The van der Waals surface area contributed by atoms with Crippen LogP contribution in [-0.4, -0.2) is 202 Å². The molecule has 3 aliphatic carbocycles. The first-order valence-corrected chi connectivity index (χ1v) is 33.5. The molecule has 4 aliphatic rings. The van der Waals surface area contributed by atoms with Gasteiger partial charge in [0, 0.05) is 38.1 Å². The Hall–Kier alpha value is -9.60. The number of methoxy groups -OCH3 is 1. The van der Waals surface area contributed by atoms with Crippen LogP contribution in [0.5, 0.6) is 5.75 Å². The summed E-state index contributed by atoms with van der Waals surface area (Å²) in [6, 6.07) is 10.5. The smallest absolute Gasteiger partial charge is 0.407 e. The number of aliphatic hydroxyl groups excluding tert-OH is 2. The number of carboxylic acid groups (broad SMARTS) is 1. The highest BCUT2D eigenvalue weighted by Crippen LogP contribution is 2.64. The van der Waals surface area contributed by atoms with Crippen LogP contribution in [0.25, 0.3) is 0 Å². The molecule has 3 aromatic carbocycles. The summed E-state index contributed by atoms with van der Waals surface area (Å²) in [5.74, 6) is -14.5. The van der Waals surface area contributed by atoms with E-state index in [4.69, 9.17) is 51.4 Å². The fourth-order valence-corrected chi connectivity index (χ4v) is 14.1. The number of rotatable bonds is 31. The maximum absolute atomic E-state index is 15.7. The Morgan fingerprint density at radius 3 is 1.96 bits per heavy atom. The number of amides is 5. The molecule has 1 aliphatic heterocycles. The fourth-order valence-electron chi connectivity index (χ4n) is 14.1. The minimum atomic E-state index is -2.62. The number of ketones is 1. The molecule has 0 radical (unpaired) electrons. The van der Waals surface area contributed by atoms with Gasteiger partial charge in [-0.2, -0.15) is 0 Å². The number of nitrogens with zero attached hydrogens (tertiary/aromatic N) is 1. The van der Waals surface area contributed by atoms with Crippen LogP contribution < -0.4 is 49.5 Å². The summed E-state index contributed by atoms with van der Waals surface area (Å²) in [5, 5.41) is 71.7. The Labute approximate surface area is 588 Å². The molecular weight excluding hydrogens is 1330 g/mol. The molecule has 3 aromatic rings. The van der Waals surface area contributed by atoms with E-state index in [1.165, 1.54) is 114 Å². The third kappa shape index (κ3) is 17.8. The molecule has 5 amide bonds. The maximum Gasteiger partial charge on any atom is 0.407 e. The number of phenols is 1. The number of esters is 4. The Morgan fingerprint density at radius 2 is 1.38 bits per heavy atom. The highest BCUT2D eigenvalue weighted by molar-refractivity contribution is 5.98. The number of hydrogen-bond acceptors (Lipinski definition) is 24. The molecule has 3 fully saturated rings. The van der Waals surface area contributed by atoms with Crippen LogP contribution in [0.15, 0.2) is 101 Å². The predicted octanol–water partition coefficient (Wildman–Crippen LogP) is 0.170. The summed E-state index contributed by atoms with van der Waals surface area (Å²) in [4.78, 5) is 161. The van der Waals surface area contributed by atoms with Gasteiger partial charge in [-0.05, 0) is 105 Å². The Bertz CT molecular complexity index is 3630. The van der Waals surface area contributed by atoms with E-state index >= 15 is 14.4 Å². The van der Waals surface area contributed by atoms with Gasteiger partial charge in [0.15, 0.2) is 17.3 Å². The summed E-state index contributed by atoms with van der Waals surface area (Å²) >= 11 is 0. The van der Waals surface area contributed by atoms with Gasteiger partial charge in [0.25, 0.3) is 0 Å². The third-order valence-electron chi connectivity index (χ3n) is 19.7. The maximum atomic E-state index is 15.7. The van der Waals surface area contributed by atoms with E-state index in [2.05, 4.69) is 31.6 Å². The van der Waals surface area contributed by atoms with Crippen LogP contribution in [0.3, 0.4) is 0 Å². The normalized spacial score (nSPS) is 25.3. The minimum Gasteiger partial charge on any atom is -0.508 e. The van der Waals surface area contributed by atoms with Crippen molar-refractivity contribution >= 4 is 71.3 Å². The van der Waals surface area contributed by atoms with E-state index in [1.54, 1.807) is 12.1 Å². The number of aliphatic hydroxyl groups is 3. The molecule has 1 saturated heterocycles. The lowest BCUT2D eigenvalue weighted by Crippen LogP contribution is -2.81. The monoisotopic (exact) mass is 1430 g/mol. The molecule has 2 bridgehead atoms. The summed E-state index contributed by atoms with van der Waals surface area (Å²) in [6.07, 6.45) is -14.0. The molecule has 16 atom stereocenters. The molecule has 32 heteroatoms.